The third-order valence-electron chi connectivity index (χ3n) is 5.17. The van der Waals surface area contributed by atoms with E-state index >= 15 is 0 Å². The number of urea groups is 1. The first-order valence-corrected chi connectivity index (χ1v) is 9.50. The molecule has 1 aliphatic heterocycles. The Bertz CT molecular complexity index is 838. The second kappa shape index (κ2) is 8.61. The fourth-order valence-electron chi connectivity index (χ4n) is 3.32. The predicted molar refractivity (Wildman–Crippen MR) is 107 cm³/mol. The van der Waals surface area contributed by atoms with Crippen LogP contribution in [0.3, 0.4) is 0 Å². The number of anilines is 1. The number of hydrogen-bond donors (Lipinski definition) is 2. The highest BCUT2D eigenvalue weighted by Gasteiger charge is 2.35. The highest BCUT2D eigenvalue weighted by molar-refractivity contribution is 5.90. The molecule has 1 heterocycles. The van der Waals surface area contributed by atoms with E-state index < -0.39 is 0 Å². The molecule has 3 rings (SSSR count). The lowest BCUT2D eigenvalue weighted by Gasteiger charge is -2.26. The van der Waals surface area contributed by atoms with Gasteiger partial charge in [0.15, 0.2) is 0 Å². The van der Waals surface area contributed by atoms with E-state index in [4.69, 9.17) is 9.47 Å². The van der Waals surface area contributed by atoms with Crippen LogP contribution in [0.15, 0.2) is 42.5 Å². The molecule has 1 aliphatic rings. The van der Waals surface area contributed by atoms with Crippen LogP contribution in [0.1, 0.15) is 31.4 Å². The van der Waals surface area contributed by atoms with Crippen LogP contribution >= 0.6 is 0 Å². The van der Waals surface area contributed by atoms with Crippen molar-refractivity contribution in [3.63, 3.8) is 0 Å². The average molecular weight is 386 g/mol. The van der Waals surface area contributed by atoms with Gasteiger partial charge >= 0.3 is 6.03 Å². The van der Waals surface area contributed by atoms with Crippen LogP contribution in [0.5, 0.6) is 5.75 Å². The normalized spacial score (nSPS) is 17.9. The van der Waals surface area contributed by atoms with Gasteiger partial charge in [-0.1, -0.05) is 12.1 Å². The molecule has 1 fully saturated rings. The topological polar surface area (TPSA) is 59.6 Å². The number of halogens is 1. The Balaban J connectivity index is 1.51. The molecule has 1 atom stereocenters. The van der Waals surface area contributed by atoms with Crippen LogP contribution in [0, 0.1) is 18.7 Å². The van der Waals surface area contributed by atoms with Crippen molar-refractivity contribution in [2.75, 3.05) is 18.5 Å². The van der Waals surface area contributed by atoms with E-state index in [0.717, 1.165) is 29.8 Å². The zero-order valence-electron chi connectivity index (χ0n) is 16.5. The Hall–Kier alpha value is -2.60. The summed E-state index contributed by atoms with van der Waals surface area (Å²) in [6, 6.07) is 11.5. The SMILES string of the molecule is Cc1cc(OCc2cccc(F)c2)ccc1NC(=O)NCC1CCOC1(C)C. The Kier molecular flexibility index (Phi) is 6.19. The van der Waals surface area contributed by atoms with Gasteiger partial charge in [-0.2, -0.15) is 0 Å². The average Bonchev–Trinajstić information content (AvgIpc) is 2.98. The summed E-state index contributed by atoms with van der Waals surface area (Å²) in [6.07, 6.45) is 0.948. The molecule has 150 valence electrons. The number of benzene rings is 2. The van der Waals surface area contributed by atoms with E-state index in [1.54, 1.807) is 18.2 Å². The van der Waals surface area contributed by atoms with Crippen molar-refractivity contribution in [3.05, 3.63) is 59.4 Å². The smallest absolute Gasteiger partial charge is 0.319 e. The summed E-state index contributed by atoms with van der Waals surface area (Å²) >= 11 is 0. The van der Waals surface area contributed by atoms with Crippen molar-refractivity contribution in [3.8, 4) is 5.75 Å². The minimum absolute atomic E-state index is 0.205. The van der Waals surface area contributed by atoms with Gasteiger partial charge in [0.25, 0.3) is 0 Å². The molecular formula is C22H27FN2O3. The molecule has 1 unspecified atom stereocenters. The molecule has 0 aliphatic carbocycles. The Morgan fingerprint density at radius 1 is 1.29 bits per heavy atom. The molecule has 5 nitrogen and oxygen atoms in total. The number of hydrogen-bond acceptors (Lipinski definition) is 3. The Morgan fingerprint density at radius 3 is 2.79 bits per heavy atom. The first kappa shape index (κ1) is 20.1. The number of nitrogens with one attached hydrogen (secondary N) is 2. The summed E-state index contributed by atoms with van der Waals surface area (Å²) in [6.45, 7) is 7.60. The molecular weight excluding hydrogens is 359 g/mol. The van der Waals surface area contributed by atoms with Crippen molar-refractivity contribution < 1.29 is 18.7 Å². The summed E-state index contributed by atoms with van der Waals surface area (Å²) in [5.41, 5.74) is 2.16. The second-order valence-corrected chi connectivity index (χ2v) is 7.67. The summed E-state index contributed by atoms with van der Waals surface area (Å²) < 4.78 is 24.6. The van der Waals surface area contributed by atoms with Gasteiger partial charge in [0.1, 0.15) is 18.2 Å². The molecule has 0 spiro atoms. The van der Waals surface area contributed by atoms with Crippen molar-refractivity contribution in [1.29, 1.82) is 0 Å². The minimum Gasteiger partial charge on any atom is -0.489 e. The van der Waals surface area contributed by atoms with Crippen LogP contribution < -0.4 is 15.4 Å². The van der Waals surface area contributed by atoms with Gasteiger partial charge in [0.05, 0.1) is 5.60 Å². The molecule has 1 saturated heterocycles. The lowest BCUT2D eigenvalue weighted by atomic mass is 9.91. The highest BCUT2D eigenvalue weighted by atomic mass is 19.1. The molecule has 0 saturated carbocycles. The maximum atomic E-state index is 13.2. The second-order valence-electron chi connectivity index (χ2n) is 7.67. The van der Waals surface area contributed by atoms with Crippen molar-refractivity contribution in [2.24, 2.45) is 5.92 Å². The zero-order valence-corrected chi connectivity index (χ0v) is 16.5. The van der Waals surface area contributed by atoms with E-state index in [-0.39, 0.29) is 24.1 Å². The molecule has 28 heavy (non-hydrogen) atoms. The molecule has 2 aromatic rings. The van der Waals surface area contributed by atoms with Gasteiger partial charge in [0.2, 0.25) is 0 Å². The monoisotopic (exact) mass is 386 g/mol. The summed E-state index contributed by atoms with van der Waals surface area (Å²) in [4.78, 5) is 12.2. The quantitative estimate of drug-likeness (QED) is 0.760. The Labute approximate surface area is 165 Å². The molecule has 2 aromatic carbocycles. The standard InChI is InChI=1S/C22H27FN2O3/c1-15-11-19(27-14-16-5-4-6-18(23)12-16)7-8-20(15)25-21(26)24-13-17-9-10-28-22(17,2)3/h4-8,11-12,17H,9-10,13-14H2,1-3H3,(H2,24,25,26). The van der Waals surface area contributed by atoms with Crippen LogP contribution in [0.4, 0.5) is 14.9 Å². The summed E-state index contributed by atoms with van der Waals surface area (Å²) in [5, 5.41) is 5.80. The molecule has 0 radical (unpaired) electrons. The fraction of sp³-hybridized carbons (Fsp3) is 0.409. The number of amides is 2. The number of carbonyl (C=O) groups is 1. The van der Waals surface area contributed by atoms with Gasteiger partial charge in [0, 0.05) is 24.8 Å². The number of carbonyl (C=O) groups excluding carboxylic acids is 1. The molecule has 2 amide bonds. The van der Waals surface area contributed by atoms with Crippen molar-refractivity contribution in [2.45, 2.75) is 39.4 Å². The van der Waals surface area contributed by atoms with Crippen LogP contribution in [-0.2, 0) is 11.3 Å². The minimum atomic E-state index is -0.282. The lowest BCUT2D eigenvalue weighted by molar-refractivity contribution is 0.0121. The van der Waals surface area contributed by atoms with E-state index in [1.165, 1.54) is 12.1 Å². The third kappa shape index (κ3) is 5.23. The lowest BCUT2D eigenvalue weighted by Crippen LogP contribution is -2.39. The predicted octanol–water partition coefficient (Wildman–Crippen LogP) is 4.65. The zero-order chi connectivity index (χ0) is 20.1. The Morgan fingerprint density at radius 2 is 2.11 bits per heavy atom. The maximum Gasteiger partial charge on any atom is 0.319 e. The molecule has 2 N–H and O–H groups in total. The van der Waals surface area contributed by atoms with Crippen LogP contribution in [-0.4, -0.2) is 24.8 Å². The summed E-state index contributed by atoms with van der Waals surface area (Å²) in [7, 11) is 0. The van der Waals surface area contributed by atoms with Gasteiger partial charge < -0.3 is 20.1 Å². The van der Waals surface area contributed by atoms with Gasteiger partial charge in [-0.25, -0.2) is 9.18 Å². The molecule has 0 bridgehead atoms. The van der Waals surface area contributed by atoms with Gasteiger partial charge in [-0.05, 0) is 68.7 Å². The number of aryl methyl sites for hydroxylation is 1. The van der Waals surface area contributed by atoms with Crippen molar-refractivity contribution >= 4 is 11.7 Å². The summed E-state index contributed by atoms with van der Waals surface area (Å²) in [5.74, 6) is 0.686. The van der Waals surface area contributed by atoms with E-state index in [9.17, 15) is 9.18 Å². The highest BCUT2D eigenvalue weighted by Crippen LogP contribution is 2.30. The fourth-order valence-corrected chi connectivity index (χ4v) is 3.32. The largest absolute Gasteiger partial charge is 0.489 e. The number of rotatable bonds is 6. The van der Waals surface area contributed by atoms with E-state index in [2.05, 4.69) is 24.5 Å². The third-order valence-corrected chi connectivity index (χ3v) is 5.17. The van der Waals surface area contributed by atoms with Crippen LogP contribution in [0.2, 0.25) is 0 Å². The first-order chi connectivity index (χ1) is 13.3. The maximum absolute atomic E-state index is 13.2. The van der Waals surface area contributed by atoms with Crippen molar-refractivity contribution in [1.82, 2.24) is 5.32 Å². The van der Waals surface area contributed by atoms with E-state index in [0.29, 0.717) is 18.2 Å². The molecule has 0 aromatic heterocycles. The molecule has 6 heteroatoms. The van der Waals surface area contributed by atoms with E-state index in [1.807, 2.05) is 19.1 Å². The van der Waals surface area contributed by atoms with Crippen LogP contribution in [0.25, 0.3) is 0 Å². The first-order valence-electron chi connectivity index (χ1n) is 9.50. The number of ether oxygens (including phenoxy) is 2. The van der Waals surface area contributed by atoms with Gasteiger partial charge in [-0.3, -0.25) is 0 Å². The van der Waals surface area contributed by atoms with Gasteiger partial charge in [-0.15, -0.1) is 0 Å².